The highest BCUT2D eigenvalue weighted by molar-refractivity contribution is 6.46. The van der Waals surface area contributed by atoms with Gasteiger partial charge in [-0.05, 0) is 24.3 Å². The fraction of sp³-hybridized carbons (Fsp3) is 0.200. The first-order chi connectivity index (χ1) is 13.0. The van der Waals surface area contributed by atoms with Crippen molar-refractivity contribution in [3.05, 3.63) is 59.2 Å². The van der Waals surface area contributed by atoms with Gasteiger partial charge < -0.3 is 24.6 Å². The second kappa shape index (κ2) is 7.41. The lowest BCUT2D eigenvalue weighted by atomic mass is 9.95. The van der Waals surface area contributed by atoms with Crippen LogP contribution in [0.2, 0.25) is 0 Å². The minimum absolute atomic E-state index is 0.0447. The van der Waals surface area contributed by atoms with Crippen molar-refractivity contribution in [3.63, 3.8) is 0 Å². The van der Waals surface area contributed by atoms with Crippen LogP contribution < -0.4 is 19.5 Å². The van der Waals surface area contributed by atoms with Crippen LogP contribution in [0.1, 0.15) is 17.2 Å². The quantitative estimate of drug-likeness (QED) is 0.478. The number of ketones is 1. The molecule has 1 fully saturated rings. The predicted octanol–water partition coefficient (Wildman–Crippen LogP) is 2.42. The third-order valence-electron chi connectivity index (χ3n) is 4.38. The maximum Gasteiger partial charge on any atom is 0.293 e. The second-order valence-corrected chi connectivity index (χ2v) is 5.81. The monoisotopic (exact) mass is 369 g/mol. The van der Waals surface area contributed by atoms with Crippen LogP contribution in [0.3, 0.4) is 0 Å². The summed E-state index contributed by atoms with van der Waals surface area (Å²) in [5, 5.41) is 13.4. The number of methoxy groups -OCH3 is 3. The molecule has 3 rings (SSSR count). The topological polar surface area (TPSA) is 94.1 Å². The van der Waals surface area contributed by atoms with Crippen molar-refractivity contribution < 1.29 is 28.9 Å². The molecular weight excluding hydrogens is 350 g/mol. The average molecular weight is 369 g/mol. The van der Waals surface area contributed by atoms with Gasteiger partial charge in [-0.2, -0.15) is 0 Å². The van der Waals surface area contributed by atoms with Gasteiger partial charge >= 0.3 is 0 Å². The molecule has 1 atom stereocenters. The Morgan fingerprint density at radius 3 is 2.26 bits per heavy atom. The number of para-hydroxylation sites is 1. The van der Waals surface area contributed by atoms with E-state index in [2.05, 4.69) is 5.32 Å². The number of nitrogens with one attached hydrogen (secondary N) is 1. The SMILES string of the molecule is COc1ccc(/C(O)=C2/C(=O)C(=O)NC2c2ccccc2OC)cc1OC. The number of aliphatic hydroxyl groups is 1. The van der Waals surface area contributed by atoms with Crippen LogP contribution in [-0.2, 0) is 9.59 Å². The van der Waals surface area contributed by atoms with Crippen molar-refractivity contribution in [2.75, 3.05) is 21.3 Å². The molecule has 1 saturated heterocycles. The molecule has 1 aliphatic rings. The summed E-state index contributed by atoms with van der Waals surface area (Å²) in [7, 11) is 4.46. The van der Waals surface area contributed by atoms with Crippen LogP contribution in [-0.4, -0.2) is 38.1 Å². The highest BCUT2D eigenvalue weighted by atomic mass is 16.5. The number of ether oxygens (including phenoxy) is 3. The highest BCUT2D eigenvalue weighted by Gasteiger charge is 2.40. The van der Waals surface area contributed by atoms with Gasteiger partial charge in [0.15, 0.2) is 11.5 Å². The van der Waals surface area contributed by atoms with E-state index in [1.807, 2.05) is 0 Å². The van der Waals surface area contributed by atoms with E-state index in [0.29, 0.717) is 28.4 Å². The van der Waals surface area contributed by atoms with E-state index in [9.17, 15) is 14.7 Å². The summed E-state index contributed by atoms with van der Waals surface area (Å²) in [6.07, 6.45) is 0. The molecule has 1 unspecified atom stereocenters. The van der Waals surface area contributed by atoms with Gasteiger partial charge in [0.1, 0.15) is 11.5 Å². The number of Topliss-reactive ketones (excluding diaryl/α,β-unsaturated/α-hetero) is 1. The molecule has 0 saturated carbocycles. The summed E-state index contributed by atoms with van der Waals surface area (Å²) in [6.45, 7) is 0. The lowest BCUT2D eigenvalue weighted by Crippen LogP contribution is -2.21. The van der Waals surface area contributed by atoms with Crippen LogP contribution in [0.5, 0.6) is 17.2 Å². The molecule has 2 aromatic rings. The van der Waals surface area contributed by atoms with Gasteiger partial charge in [-0.25, -0.2) is 0 Å². The summed E-state index contributed by atoms with van der Waals surface area (Å²) in [5.74, 6) is -0.524. The summed E-state index contributed by atoms with van der Waals surface area (Å²) in [6, 6.07) is 10.9. The summed E-state index contributed by atoms with van der Waals surface area (Å²) in [5.41, 5.74) is 0.852. The van der Waals surface area contributed by atoms with Crippen molar-refractivity contribution in [3.8, 4) is 17.2 Å². The molecule has 1 amide bonds. The van der Waals surface area contributed by atoms with Crippen LogP contribution in [0.25, 0.3) is 5.76 Å². The van der Waals surface area contributed by atoms with E-state index in [-0.39, 0.29) is 11.3 Å². The standard InChI is InChI=1S/C20H19NO6/c1-25-13-7-5-4-6-12(13)17-16(19(23)20(24)21-17)18(22)11-8-9-14(26-2)15(10-11)27-3/h4-10,17,22H,1-3H3,(H,21,24)/b18-16-. The smallest absolute Gasteiger partial charge is 0.293 e. The maximum absolute atomic E-state index is 12.5. The largest absolute Gasteiger partial charge is 0.507 e. The third-order valence-corrected chi connectivity index (χ3v) is 4.38. The summed E-state index contributed by atoms with van der Waals surface area (Å²) >= 11 is 0. The van der Waals surface area contributed by atoms with E-state index in [0.717, 1.165) is 0 Å². The van der Waals surface area contributed by atoms with Gasteiger partial charge in [0.25, 0.3) is 11.7 Å². The lowest BCUT2D eigenvalue weighted by Gasteiger charge is -2.17. The molecular formula is C20H19NO6. The van der Waals surface area contributed by atoms with Gasteiger partial charge in [-0.1, -0.05) is 18.2 Å². The van der Waals surface area contributed by atoms with Gasteiger partial charge in [0.05, 0.1) is 32.9 Å². The van der Waals surface area contributed by atoms with Gasteiger partial charge in [0, 0.05) is 11.1 Å². The van der Waals surface area contributed by atoms with Gasteiger partial charge in [0.2, 0.25) is 0 Å². The molecule has 1 heterocycles. The molecule has 2 aromatic carbocycles. The van der Waals surface area contributed by atoms with E-state index >= 15 is 0 Å². The Morgan fingerprint density at radius 1 is 0.926 bits per heavy atom. The molecule has 7 nitrogen and oxygen atoms in total. The molecule has 0 aromatic heterocycles. The normalized spacial score (nSPS) is 18.1. The maximum atomic E-state index is 12.5. The van der Waals surface area contributed by atoms with Gasteiger partial charge in [-0.3, -0.25) is 9.59 Å². The number of benzene rings is 2. The van der Waals surface area contributed by atoms with Crippen molar-refractivity contribution in [2.45, 2.75) is 6.04 Å². The number of amides is 1. The number of hydrogen-bond acceptors (Lipinski definition) is 6. The highest BCUT2D eigenvalue weighted by Crippen LogP contribution is 2.38. The Bertz CT molecular complexity index is 934. The first kappa shape index (κ1) is 18.3. The Labute approximate surface area is 156 Å². The van der Waals surface area contributed by atoms with E-state index in [1.54, 1.807) is 36.4 Å². The van der Waals surface area contributed by atoms with Crippen molar-refractivity contribution in [1.82, 2.24) is 5.32 Å². The Kier molecular flexibility index (Phi) is 5.03. The minimum Gasteiger partial charge on any atom is -0.507 e. The molecule has 2 N–H and O–H groups in total. The zero-order valence-electron chi connectivity index (χ0n) is 15.1. The summed E-state index contributed by atoms with van der Waals surface area (Å²) in [4.78, 5) is 24.5. The fourth-order valence-electron chi connectivity index (χ4n) is 3.04. The second-order valence-electron chi connectivity index (χ2n) is 5.81. The number of aliphatic hydroxyl groups excluding tert-OH is 1. The molecule has 27 heavy (non-hydrogen) atoms. The first-order valence-corrected chi connectivity index (χ1v) is 8.15. The van der Waals surface area contributed by atoms with E-state index in [4.69, 9.17) is 14.2 Å². The molecule has 7 heteroatoms. The Morgan fingerprint density at radius 2 is 1.59 bits per heavy atom. The fourth-order valence-corrected chi connectivity index (χ4v) is 3.04. The van der Waals surface area contributed by atoms with E-state index < -0.39 is 17.7 Å². The zero-order valence-corrected chi connectivity index (χ0v) is 15.1. The third kappa shape index (κ3) is 3.19. The Balaban J connectivity index is 2.15. The molecule has 140 valence electrons. The minimum atomic E-state index is -0.825. The first-order valence-electron chi connectivity index (χ1n) is 8.15. The predicted molar refractivity (Wildman–Crippen MR) is 98.0 cm³/mol. The number of hydrogen-bond donors (Lipinski definition) is 2. The molecule has 0 aliphatic carbocycles. The van der Waals surface area contributed by atoms with Crippen molar-refractivity contribution in [1.29, 1.82) is 0 Å². The summed E-state index contributed by atoms with van der Waals surface area (Å²) < 4.78 is 15.7. The van der Waals surface area contributed by atoms with Crippen LogP contribution >= 0.6 is 0 Å². The van der Waals surface area contributed by atoms with Gasteiger partial charge in [-0.15, -0.1) is 0 Å². The van der Waals surface area contributed by atoms with Crippen molar-refractivity contribution in [2.24, 2.45) is 0 Å². The van der Waals surface area contributed by atoms with Crippen LogP contribution in [0, 0.1) is 0 Å². The van der Waals surface area contributed by atoms with Crippen LogP contribution in [0.15, 0.2) is 48.0 Å². The van der Waals surface area contributed by atoms with E-state index in [1.165, 1.54) is 27.4 Å². The molecule has 1 aliphatic heterocycles. The van der Waals surface area contributed by atoms with Crippen LogP contribution in [0.4, 0.5) is 0 Å². The molecule has 0 radical (unpaired) electrons. The lowest BCUT2D eigenvalue weighted by molar-refractivity contribution is -0.133. The molecule has 0 spiro atoms. The number of carbonyl (C=O) groups is 2. The zero-order chi connectivity index (χ0) is 19.6. The number of carbonyl (C=O) groups excluding carboxylic acids is 2. The van der Waals surface area contributed by atoms with Crippen molar-refractivity contribution >= 4 is 17.4 Å². The molecule has 0 bridgehead atoms. The Hall–Kier alpha value is -3.48. The number of rotatable bonds is 5. The average Bonchev–Trinajstić information content (AvgIpc) is 3.01.